The highest BCUT2D eigenvalue weighted by Crippen LogP contribution is 2.46. The predicted octanol–water partition coefficient (Wildman–Crippen LogP) is 4.93. The summed E-state index contributed by atoms with van der Waals surface area (Å²) in [5.74, 6) is 0.871. The van der Waals surface area contributed by atoms with E-state index in [-0.39, 0.29) is 11.8 Å². The van der Waals surface area contributed by atoms with Crippen LogP contribution in [0.15, 0.2) is 24.5 Å². The molecule has 188 valence electrons. The molecule has 1 aliphatic carbocycles. The number of alkyl halides is 3. The third-order valence-corrected chi connectivity index (χ3v) is 8.10. The number of carbonyl (C=O) groups excluding carboxylic acids is 1. The van der Waals surface area contributed by atoms with Gasteiger partial charge in [0.15, 0.2) is 0 Å². The van der Waals surface area contributed by atoms with Crippen LogP contribution in [0.2, 0.25) is 0 Å². The molecule has 34 heavy (non-hydrogen) atoms. The molecule has 8 heteroatoms. The van der Waals surface area contributed by atoms with Crippen molar-refractivity contribution >= 4 is 11.5 Å². The van der Waals surface area contributed by atoms with Crippen LogP contribution in [0.3, 0.4) is 0 Å². The number of aromatic nitrogens is 1. The summed E-state index contributed by atoms with van der Waals surface area (Å²) >= 11 is 0. The minimum atomic E-state index is -4.42. The number of hydrogen-bond acceptors (Lipinski definition) is 4. The van der Waals surface area contributed by atoms with E-state index >= 15 is 0 Å². The maximum atomic E-state index is 13.8. The van der Waals surface area contributed by atoms with Gasteiger partial charge in [0.05, 0.1) is 17.6 Å². The summed E-state index contributed by atoms with van der Waals surface area (Å²) in [4.78, 5) is 19.5. The Kier molecular flexibility index (Phi) is 7.38. The van der Waals surface area contributed by atoms with Crippen LogP contribution in [0.25, 0.3) is 5.57 Å². The van der Waals surface area contributed by atoms with Gasteiger partial charge < -0.3 is 15.0 Å². The Morgan fingerprint density at radius 2 is 2.09 bits per heavy atom. The molecule has 0 radical (unpaired) electrons. The first kappa shape index (κ1) is 25.2. The van der Waals surface area contributed by atoms with Gasteiger partial charge in [0.2, 0.25) is 5.91 Å². The van der Waals surface area contributed by atoms with E-state index in [9.17, 15) is 18.0 Å². The first-order valence-electron chi connectivity index (χ1n) is 12.4. The van der Waals surface area contributed by atoms with E-state index in [0.717, 1.165) is 56.7 Å². The molecule has 4 unspecified atom stereocenters. The predicted molar refractivity (Wildman–Crippen MR) is 125 cm³/mol. The van der Waals surface area contributed by atoms with Crippen molar-refractivity contribution in [3.05, 3.63) is 35.7 Å². The zero-order valence-electron chi connectivity index (χ0n) is 20.3. The number of pyridine rings is 1. The van der Waals surface area contributed by atoms with Crippen LogP contribution >= 0.6 is 0 Å². The van der Waals surface area contributed by atoms with E-state index in [2.05, 4.69) is 31.1 Å². The van der Waals surface area contributed by atoms with Crippen molar-refractivity contribution in [2.45, 2.75) is 71.1 Å². The topological polar surface area (TPSA) is 54.5 Å². The van der Waals surface area contributed by atoms with Gasteiger partial charge in [-0.1, -0.05) is 26.8 Å². The normalized spacial score (nSPS) is 30.5. The van der Waals surface area contributed by atoms with Crippen molar-refractivity contribution in [3.8, 4) is 0 Å². The summed E-state index contributed by atoms with van der Waals surface area (Å²) < 4.78 is 44.8. The Hall–Kier alpha value is -1.93. The molecule has 1 aromatic rings. The molecule has 1 N–H and O–H groups in total. The fourth-order valence-corrected chi connectivity index (χ4v) is 5.82. The number of carbonyl (C=O) groups is 1. The van der Waals surface area contributed by atoms with Crippen molar-refractivity contribution in [1.29, 1.82) is 0 Å². The van der Waals surface area contributed by atoms with Gasteiger partial charge in [0.1, 0.15) is 0 Å². The monoisotopic (exact) mass is 479 g/mol. The molecule has 4 atom stereocenters. The van der Waals surface area contributed by atoms with E-state index in [0.29, 0.717) is 43.1 Å². The molecule has 2 aliphatic heterocycles. The Bertz CT molecular complexity index is 917. The first-order chi connectivity index (χ1) is 16.1. The van der Waals surface area contributed by atoms with Crippen LogP contribution < -0.4 is 5.32 Å². The minimum absolute atomic E-state index is 0.185. The lowest BCUT2D eigenvalue weighted by molar-refractivity contribution is -0.144. The van der Waals surface area contributed by atoms with Crippen LogP contribution in [0.4, 0.5) is 13.2 Å². The van der Waals surface area contributed by atoms with Gasteiger partial charge in [-0.2, -0.15) is 13.2 Å². The Balaban J connectivity index is 1.43. The third kappa shape index (κ3) is 5.18. The second-order valence-electron chi connectivity index (χ2n) is 10.6. The maximum Gasteiger partial charge on any atom is 0.417 e. The molecule has 1 saturated heterocycles. The molecule has 3 aliphatic rings. The molecule has 3 heterocycles. The first-order valence-corrected chi connectivity index (χ1v) is 12.4. The fourth-order valence-electron chi connectivity index (χ4n) is 5.82. The van der Waals surface area contributed by atoms with Crippen molar-refractivity contribution in [2.24, 2.45) is 17.3 Å². The number of halogens is 3. The number of amides is 1. The average molecular weight is 480 g/mol. The molecule has 1 amide bonds. The quantitative estimate of drug-likeness (QED) is 0.651. The second-order valence-corrected chi connectivity index (χ2v) is 10.6. The van der Waals surface area contributed by atoms with E-state index < -0.39 is 17.2 Å². The summed E-state index contributed by atoms with van der Waals surface area (Å²) in [5.41, 5.74) is 0.165. The van der Waals surface area contributed by atoms with Gasteiger partial charge in [0, 0.05) is 44.2 Å². The molecule has 5 nitrogen and oxygen atoms in total. The highest BCUT2D eigenvalue weighted by Gasteiger charge is 2.49. The van der Waals surface area contributed by atoms with E-state index in [1.54, 1.807) is 0 Å². The van der Waals surface area contributed by atoms with Gasteiger partial charge in [-0.05, 0) is 61.1 Å². The van der Waals surface area contributed by atoms with Crippen molar-refractivity contribution in [1.82, 2.24) is 15.2 Å². The average Bonchev–Trinajstić information content (AvgIpc) is 3.25. The molecular formula is C26H36F3N3O2. The summed E-state index contributed by atoms with van der Waals surface area (Å²) in [6, 6.07) is 1.90. The van der Waals surface area contributed by atoms with E-state index in [4.69, 9.17) is 4.74 Å². The van der Waals surface area contributed by atoms with E-state index in [1.165, 1.54) is 6.20 Å². The van der Waals surface area contributed by atoms with Gasteiger partial charge in [-0.15, -0.1) is 0 Å². The van der Waals surface area contributed by atoms with Crippen LogP contribution in [0, 0.1) is 17.3 Å². The summed E-state index contributed by atoms with van der Waals surface area (Å²) in [6.45, 7) is 8.99. The highest BCUT2D eigenvalue weighted by atomic mass is 19.4. The van der Waals surface area contributed by atoms with E-state index in [1.807, 2.05) is 11.0 Å². The Morgan fingerprint density at radius 1 is 1.29 bits per heavy atom. The number of ether oxygens (including phenoxy) is 1. The van der Waals surface area contributed by atoms with Crippen molar-refractivity contribution in [3.63, 3.8) is 0 Å². The second kappa shape index (κ2) is 9.97. The van der Waals surface area contributed by atoms with Crippen LogP contribution in [0.5, 0.6) is 0 Å². The molecule has 0 bridgehead atoms. The lowest BCUT2D eigenvalue weighted by Crippen LogP contribution is -2.49. The lowest BCUT2D eigenvalue weighted by Gasteiger charge is -2.39. The summed E-state index contributed by atoms with van der Waals surface area (Å²) in [5, 5.41) is 3.82. The smallest absolute Gasteiger partial charge is 0.381 e. The summed E-state index contributed by atoms with van der Waals surface area (Å²) in [7, 11) is 0. The molecule has 0 aromatic carbocycles. The van der Waals surface area contributed by atoms with Crippen molar-refractivity contribution in [2.75, 3.05) is 26.3 Å². The molecule has 2 fully saturated rings. The third-order valence-electron chi connectivity index (χ3n) is 8.10. The molecule has 1 aromatic heterocycles. The molecule has 4 rings (SSSR count). The largest absolute Gasteiger partial charge is 0.417 e. The zero-order chi connectivity index (χ0) is 24.5. The van der Waals surface area contributed by atoms with Gasteiger partial charge in [0.25, 0.3) is 0 Å². The minimum Gasteiger partial charge on any atom is -0.381 e. The number of nitrogens with zero attached hydrogens (tertiary/aromatic N) is 2. The van der Waals surface area contributed by atoms with Gasteiger partial charge in [-0.3, -0.25) is 9.78 Å². The lowest BCUT2D eigenvalue weighted by atomic mass is 9.74. The standard InChI is InChI=1S/C26H36F3N3O2/c1-17(2)25(8-4-22(13-25)31-23-7-11-34-16-18(23)3)24(33)32-9-5-19(6-10-32)20-12-21(15-30-14-20)26(27,28)29/h5,12,14-15,17-18,22-23,31H,4,6-11,13,16H2,1-3H3. The zero-order valence-corrected chi connectivity index (χ0v) is 20.3. The van der Waals surface area contributed by atoms with Crippen LogP contribution in [0.1, 0.15) is 64.0 Å². The van der Waals surface area contributed by atoms with Crippen molar-refractivity contribution < 1.29 is 22.7 Å². The molecular weight excluding hydrogens is 443 g/mol. The summed E-state index contributed by atoms with van der Waals surface area (Å²) in [6.07, 6.45) is 4.01. The maximum absolute atomic E-state index is 13.8. The number of nitrogens with one attached hydrogen (secondary N) is 1. The Labute approximate surface area is 200 Å². The number of rotatable bonds is 5. The molecule has 0 spiro atoms. The highest BCUT2D eigenvalue weighted by molar-refractivity contribution is 5.84. The fraction of sp³-hybridized carbons (Fsp3) is 0.692. The van der Waals surface area contributed by atoms with Crippen LogP contribution in [-0.4, -0.2) is 54.2 Å². The SMILES string of the molecule is CC1COCCC1NC1CCC(C(=O)N2CC=C(c3cncc(C(F)(F)F)c3)CC2)(C(C)C)C1. The molecule has 1 saturated carbocycles. The van der Waals surface area contributed by atoms with Gasteiger partial charge in [-0.25, -0.2) is 0 Å². The van der Waals surface area contributed by atoms with Crippen LogP contribution in [-0.2, 0) is 15.7 Å². The van der Waals surface area contributed by atoms with Gasteiger partial charge >= 0.3 is 6.18 Å². The number of hydrogen-bond donors (Lipinski definition) is 1. The Morgan fingerprint density at radius 3 is 2.74 bits per heavy atom.